The van der Waals surface area contributed by atoms with E-state index in [4.69, 9.17) is 4.55 Å². The second kappa shape index (κ2) is 11.8. The largest absolute Gasteiger partial charge is 0.288 e. The number of amides is 1. The lowest BCUT2D eigenvalue weighted by atomic mass is 9.70. The molecule has 0 saturated carbocycles. The molecular formula is C26H33NO4S. The summed E-state index contributed by atoms with van der Waals surface area (Å²) in [7, 11) is -3.90. The zero-order chi connectivity index (χ0) is 23.6. The van der Waals surface area contributed by atoms with Gasteiger partial charge in [0.2, 0.25) is 5.91 Å². The standard InChI is InChI=1S/C26H33NO4S/c1-22(28)27(24-16-7-6-8-17-24)20-11-5-4-9-18-25-23(15-13-19-26(25,2)3)14-10-12-21-32(29,30)31/h4-9,11,13,15-20,25H,10,12,14,21H2,1-3H3,(H,29,30,31). The Morgan fingerprint density at radius 1 is 1.09 bits per heavy atom. The molecule has 0 fully saturated rings. The van der Waals surface area contributed by atoms with Crippen molar-refractivity contribution in [1.82, 2.24) is 0 Å². The lowest BCUT2D eigenvalue weighted by Crippen LogP contribution is -2.24. The Morgan fingerprint density at radius 2 is 1.78 bits per heavy atom. The first kappa shape index (κ1) is 25.6. The van der Waals surface area contributed by atoms with Crippen molar-refractivity contribution >= 4 is 21.7 Å². The molecule has 0 aromatic heterocycles. The van der Waals surface area contributed by atoms with E-state index in [1.54, 1.807) is 11.1 Å². The molecule has 1 N–H and O–H groups in total. The van der Waals surface area contributed by atoms with Gasteiger partial charge in [-0.1, -0.05) is 80.2 Å². The van der Waals surface area contributed by atoms with Gasteiger partial charge < -0.3 is 0 Å². The monoisotopic (exact) mass is 455 g/mol. The van der Waals surface area contributed by atoms with Crippen molar-refractivity contribution in [3.8, 4) is 0 Å². The van der Waals surface area contributed by atoms with Crippen LogP contribution in [-0.2, 0) is 14.9 Å². The van der Waals surface area contributed by atoms with Crippen molar-refractivity contribution in [2.24, 2.45) is 11.3 Å². The molecule has 1 unspecified atom stereocenters. The fraction of sp³-hybridized carbons (Fsp3) is 0.346. The Kier molecular flexibility index (Phi) is 9.42. The van der Waals surface area contributed by atoms with Gasteiger partial charge in [0.25, 0.3) is 10.1 Å². The summed E-state index contributed by atoms with van der Waals surface area (Å²) in [5, 5.41) is 0. The van der Waals surface area contributed by atoms with Gasteiger partial charge in [0, 0.05) is 24.7 Å². The average molecular weight is 456 g/mol. The van der Waals surface area contributed by atoms with Crippen LogP contribution in [0.25, 0.3) is 0 Å². The van der Waals surface area contributed by atoms with Crippen LogP contribution < -0.4 is 4.90 Å². The second-order valence-electron chi connectivity index (χ2n) is 8.48. The highest BCUT2D eigenvalue weighted by molar-refractivity contribution is 7.85. The van der Waals surface area contributed by atoms with Crippen LogP contribution in [-0.4, -0.2) is 24.6 Å². The SMILES string of the molecule is CC(=O)N(C=CC=CC=CC1C(CCCCS(=O)(=O)O)=CC=CC1(C)C)c1ccccc1. The first-order chi connectivity index (χ1) is 15.1. The third kappa shape index (κ3) is 8.44. The van der Waals surface area contributed by atoms with Crippen molar-refractivity contribution in [2.75, 3.05) is 10.7 Å². The minimum atomic E-state index is -3.90. The minimum absolute atomic E-state index is 0.0495. The molecule has 1 aromatic rings. The Bertz CT molecular complexity index is 1020. The first-order valence-corrected chi connectivity index (χ1v) is 12.4. The molecule has 1 aliphatic carbocycles. The lowest BCUT2D eigenvalue weighted by molar-refractivity contribution is -0.116. The Labute approximate surface area is 192 Å². The molecule has 0 radical (unpaired) electrons. The van der Waals surface area contributed by atoms with Crippen LogP contribution in [0.2, 0.25) is 0 Å². The minimum Gasteiger partial charge on any atom is -0.288 e. The number of unbranched alkanes of at least 4 members (excludes halogenated alkanes) is 1. The van der Waals surface area contributed by atoms with Crippen molar-refractivity contribution < 1.29 is 17.8 Å². The molecular weight excluding hydrogens is 422 g/mol. The number of allylic oxidation sites excluding steroid dienone is 9. The summed E-state index contributed by atoms with van der Waals surface area (Å²) in [5.74, 6) is -0.0594. The topological polar surface area (TPSA) is 74.7 Å². The number of nitrogens with zero attached hydrogens (tertiary/aromatic N) is 1. The van der Waals surface area contributed by atoms with E-state index in [0.717, 1.165) is 12.1 Å². The maximum absolute atomic E-state index is 11.9. The highest BCUT2D eigenvalue weighted by Gasteiger charge is 2.29. The number of anilines is 1. The highest BCUT2D eigenvalue weighted by Crippen LogP contribution is 2.40. The highest BCUT2D eigenvalue weighted by atomic mass is 32.2. The normalized spacial score (nSPS) is 18.5. The molecule has 0 aliphatic heterocycles. The predicted molar refractivity (Wildman–Crippen MR) is 132 cm³/mol. The first-order valence-electron chi connectivity index (χ1n) is 10.8. The summed E-state index contributed by atoms with van der Waals surface area (Å²) in [6.45, 7) is 5.89. The molecule has 1 amide bonds. The summed E-state index contributed by atoms with van der Waals surface area (Å²) in [6.07, 6.45) is 19.8. The van der Waals surface area contributed by atoms with Crippen LogP contribution in [0.5, 0.6) is 0 Å². The van der Waals surface area contributed by atoms with E-state index in [1.807, 2.05) is 54.6 Å². The average Bonchev–Trinajstić information content (AvgIpc) is 2.71. The smallest absolute Gasteiger partial charge is 0.264 e. The molecule has 6 heteroatoms. The quantitative estimate of drug-likeness (QED) is 0.272. The Morgan fingerprint density at radius 3 is 2.44 bits per heavy atom. The molecule has 5 nitrogen and oxygen atoms in total. The van der Waals surface area contributed by atoms with Crippen molar-refractivity contribution in [1.29, 1.82) is 0 Å². The van der Waals surface area contributed by atoms with Gasteiger partial charge >= 0.3 is 0 Å². The van der Waals surface area contributed by atoms with Crippen molar-refractivity contribution in [3.05, 3.63) is 90.7 Å². The van der Waals surface area contributed by atoms with Gasteiger partial charge in [-0.15, -0.1) is 0 Å². The molecule has 0 saturated heterocycles. The third-order valence-corrected chi connectivity index (χ3v) is 6.21. The summed E-state index contributed by atoms with van der Waals surface area (Å²) in [5.41, 5.74) is 2.02. The van der Waals surface area contributed by atoms with Gasteiger partial charge in [-0.05, 0) is 42.9 Å². The lowest BCUT2D eigenvalue weighted by Gasteiger charge is -2.34. The summed E-state index contributed by atoms with van der Waals surface area (Å²) in [6, 6.07) is 9.48. The third-order valence-electron chi connectivity index (χ3n) is 5.40. The Balaban J connectivity index is 1.99. The van der Waals surface area contributed by atoms with E-state index in [0.29, 0.717) is 12.8 Å². The molecule has 0 heterocycles. The number of hydrogen-bond donors (Lipinski definition) is 1. The van der Waals surface area contributed by atoms with Crippen molar-refractivity contribution in [3.63, 3.8) is 0 Å². The van der Waals surface area contributed by atoms with Gasteiger partial charge in [-0.25, -0.2) is 0 Å². The summed E-state index contributed by atoms with van der Waals surface area (Å²) < 4.78 is 30.7. The van der Waals surface area contributed by atoms with Gasteiger partial charge in [0.1, 0.15) is 0 Å². The number of carbonyl (C=O) groups is 1. The number of carbonyl (C=O) groups excluding carboxylic acids is 1. The van der Waals surface area contributed by atoms with Gasteiger partial charge in [-0.2, -0.15) is 8.42 Å². The van der Waals surface area contributed by atoms with E-state index in [2.05, 4.69) is 38.2 Å². The molecule has 1 aliphatic rings. The second-order valence-corrected chi connectivity index (χ2v) is 10.1. The van der Waals surface area contributed by atoms with Gasteiger partial charge in [0.05, 0.1) is 5.75 Å². The van der Waals surface area contributed by atoms with E-state index in [9.17, 15) is 13.2 Å². The van der Waals surface area contributed by atoms with Crippen LogP contribution in [0.15, 0.2) is 90.7 Å². The zero-order valence-corrected chi connectivity index (χ0v) is 19.8. The van der Waals surface area contributed by atoms with Gasteiger partial charge in [0.15, 0.2) is 0 Å². The number of hydrogen-bond acceptors (Lipinski definition) is 3. The Hall–Kier alpha value is -2.70. The fourth-order valence-corrected chi connectivity index (χ4v) is 4.30. The molecule has 1 atom stereocenters. The molecule has 0 spiro atoms. The van der Waals surface area contributed by atoms with Crippen LogP contribution in [0.4, 0.5) is 5.69 Å². The van der Waals surface area contributed by atoms with E-state index >= 15 is 0 Å². The number of benzene rings is 1. The zero-order valence-electron chi connectivity index (χ0n) is 19.0. The maximum atomic E-state index is 11.9. The van der Waals surface area contributed by atoms with Crippen LogP contribution in [0.1, 0.15) is 40.0 Å². The van der Waals surface area contributed by atoms with Crippen LogP contribution in [0.3, 0.4) is 0 Å². The molecule has 32 heavy (non-hydrogen) atoms. The van der Waals surface area contributed by atoms with Crippen LogP contribution >= 0.6 is 0 Å². The van der Waals surface area contributed by atoms with Gasteiger partial charge in [-0.3, -0.25) is 14.2 Å². The fourth-order valence-electron chi connectivity index (χ4n) is 3.73. The molecule has 0 bridgehead atoms. The summed E-state index contributed by atoms with van der Waals surface area (Å²) >= 11 is 0. The van der Waals surface area contributed by atoms with Crippen LogP contribution in [0, 0.1) is 11.3 Å². The molecule has 172 valence electrons. The van der Waals surface area contributed by atoms with Crippen molar-refractivity contribution in [2.45, 2.75) is 40.0 Å². The van der Waals surface area contributed by atoms with E-state index in [1.165, 1.54) is 12.5 Å². The number of para-hydroxylation sites is 1. The van der Waals surface area contributed by atoms with E-state index < -0.39 is 10.1 Å². The molecule has 2 rings (SSSR count). The maximum Gasteiger partial charge on any atom is 0.264 e. The summed E-state index contributed by atoms with van der Waals surface area (Å²) in [4.78, 5) is 13.5. The molecule has 1 aromatic carbocycles. The predicted octanol–water partition coefficient (Wildman–Crippen LogP) is 5.86. The van der Waals surface area contributed by atoms with E-state index in [-0.39, 0.29) is 23.0 Å². The number of rotatable bonds is 10.